The van der Waals surface area contributed by atoms with E-state index in [2.05, 4.69) is 9.97 Å². The van der Waals surface area contributed by atoms with Gasteiger partial charge in [0.2, 0.25) is 0 Å². The lowest BCUT2D eigenvalue weighted by molar-refractivity contribution is -0.133. The Bertz CT molecular complexity index is 498. The predicted octanol–water partition coefficient (Wildman–Crippen LogP) is 1.50. The van der Waals surface area contributed by atoms with Gasteiger partial charge in [-0.25, -0.2) is 4.98 Å². The fourth-order valence-corrected chi connectivity index (χ4v) is 2.05. The van der Waals surface area contributed by atoms with Gasteiger partial charge in [0.1, 0.15) is 0 Å². The molecule has 2 rings (SSSR count). The fraction of sp³-hybridized carbons (Fsp3) is 0.182. The predicted molar refractivity (Wildman–Crippen MR) is 63.9 cm³/mol. The van der Waals surface area contributed by atoms with E-state index in [0.717, 1.165) is 5.56 Å². The summed E-state index contributed by atoms with van der Waals surface area (Å²) in [7, 11) is 0. The van der Waals surface area contributed by atoms with E-state index in [1.807, 2.05) is 22.9 Å². The molecule has 2 aromatic rings. The van der Waals surface area contributed by atoms with Gasteiger partial charge in [-0.1, -0.05) is 17.8 Å². The van der Waals surface area contributed by atoms with E-state index in [1.54, 1.807) is 18.6 Å². The first kappa shape index (κ1) is 11.7. The molecule has 0 spiro atoms. The summed E-state index contributed by atoms with van der Waals surface area (Å²) in [6, 6.07) is 3.84. The lowest BCUT2D eigenvalue weighted by Gasteiger charge is -2.05. The smallest absolute Gasteiger partial charge is 0.313 e. The van der Waals surface area contributed by atoms with Crippen LogP contribution in [0.1, 0.15) is 5.56 Å². The zero-order chi connectivity index (χ0) is 12.1. The average Bonchev–Trinajstić information content (AvgIpc) is 2.75. The van der Waals surface area contributed by atoms with Gasteiger partial charge in [0, 0.05) is 24.8 Å². The number of thioether (sulfide) groups is 1. The van der Waals surface area contributed by atoms with E-state index >= 15 is 0 Å². The first-order chi connectivity index (χ1) is 8.25. The summed E-state index contributed by atoms with van der Waals surface area (Å²) in [6.07, 6.45) is 7.00. The maximum atomic E-state index is 10.5. The lowest BCUT2D eigenvalue weighted by atomic mass is 10.3. The zero-order valence-electron chi connectivity index (χ0n) is 8.98. The summed E-state index contributed by atoms with van der Waals surface area (Å²) in [4.78, 5) is 18.7. The topological polar surface area (TPSA) is 68.0 Å². The van der Waals surface area contributed by atoms with Gasteiger partial charge in [0.05, 0.1) is 12.3 Å². The number of aliphatic carboxylic acids is 1. The Labute approximate surface area is 103 Å². The van der Waals surface area contributed by atoms with Gasteiger partial charge in [0.25, 0.3) is 0 Å². The van der Waals surface area contributed by atoms with E-state index in [9.17, 15) is 4.79 Å². The summed E-state index contributed by atoms with van der Waals surface area (Å²) in [6.45, 7) is 0.649. The Kier molecular flexibility index (Phi) is 3.77. The second-order valence-corrected chi connectivity index (χ2v) is 4.32. The maximum Gasteiger partial charge on any atom is 0.313 e. The second kappa shape index (κ2) is 5.49. The highest BCUT2D eigenvalue weighted by molar-refractivity contribution is 7.99. The molecule has 17 heavy (non-hydrogen) atoms. The fourth-order valence-electron chi connectivity index (χ4n) is 1.37. The van der Waals surface area contributed by atoms with Crippen molar-refractivity contribution in [1.29, 1.82) is 0 Å². The van der Waals surface area contributed by atoms with Crippen molar-refractivity contribution >= 4 is 17.7 Å². The van der Waals surface area contributed by atoms with Crippen LogP contribution in [0.4, 0.5) is 0 Å². The minimum absolute atomic E-state index is 0.0179. The number of carboxylic acid groups (broad SMARTS) is 1. The molecule has 2 heterocycles. The molecular weight excluding hydrogens is 238 g/mol. The molecule has 6 heteroatoms. The second-order valence-electron chi connectivity index (χ2n) is 3.38. The van der Waals surface area contributed by atoms with Gasteiger partial charge < -0.3 is 9.67 Å². The summed E-state index contributed by atoms with van der Waals surface area (Å²) in [5, 5.41) is 9.33. The number of pyridine rings is 1. The summed E-state index contributed by atoms with van der Waals surface area (Å²) in [5.74, 6) is -0.824. The van der Waals surface area contributed by atoms with Crippen LogP contribution in [0.3, 0.4) is 0 Å². The molecule has 0 bridgehead atoms. The minimum Gasteiger partial charge on any atom is -0.481 e. The molecule has 0 radical (unpaired) electrons. The number of hydrogen-bond donors (Lipinski definition) is 1. The Morgan fingerprint density at radius 2 is 2.35 bits per heavy atom. The molecule has 5 nitrogen and oxygen atoms in total. The Hall–Kier alpha value is -1.82. The lowest BCUT2D eigenvalue weighted by Crippen LogP contribution is -2.03. The van der Waals surface area contributed by atoms with E-state index in [-0.39, 0.29) is 5.75 Å². The van der Waals surface area contributed by atoms with Crippen LogP contribution in [-0.4, -0.2) is 31.4 Å². The average molecular weight is 249 g/mol. The number of nitrogens with zero attached hydrogens (tertiary/aromatic N) is 3. The van der Waals surface area contributed by atoms with E-state index < -0.39 is 5.97 Å². The van der Waals surface area contributed by atoms with Gasteiger partial charge in [-0.2, -0.15) is 0 Å². The number of rotatable bonds is 5. The standard InChI is InChI=1S/C11H11N3O2S/c15-10(16)8-17-11-13-4-5-14(11)7-9-2-1-3-12-6-9/h1-6H,7-8H2,(H,15,16). The third kappa shape index (κ3) is 3.32. The molecule has 88 valence electrons. The monoisotopic (exact) mass is 249 g/mol. The molecule has 0 unspecified atom stereocenters. The molecule has 0 saturated carbocycles. The SMILES string of the molecule is O=C(O)CSc1nccn1Cc1cccnc1. The molecule has 0 aliphatic heterocycles. The Morgan fingerprint density at radius 1 is 1.47 bits per heavy atom. The number of carbonyl (C=O) groups is 1. The summed E-state index contributed by atoms with van der Waals surface area (Å²) in [5.41, 5.74) is 1.06. The quantitative estimate of drug-likeness (QED) is 0.813. The number of carboxylic acids is 1. The van der Waals surface area contributed by atoms with Crippen molar-refractivity contribution in [3.05, 3.63) is 42.5 Å². The van der Waals surface area contributed by atoms with Gasteiger partial charge >= 0.3 is 5.97 Å². The van der Waals surface area contributed by atoms with Crippen LogP contribution < -0.4 is 0 Å². The maximum absolute atomic E-state index is 10.5. The normalized spacial score (nSPS) is 10.4. The van der Waals surface area contributed by atoms with Crippen LogP contribution in [-0.2, 0) is 11.3 Å². The molecule has 0 aliphatic carbocycles. The zero-order valence-corrected chi connectivity index (χ0v) is 9.80. The molecule has 0 amide bonds. The Balaban J connectivity index is 2.06. The largest absolute Gasteiger partial charge is 0.481 e. The van der Waals surface area contributed by atoms with Crippen molar-refractivity contribution < 1.29 is 9.90 Å². The van der Waals surface area contributed by atoms with Gasteiger partial charge in [-0.15, -0.1) is 0 Å². The number of aromatic nitrogens is 3. The van der Waals surface area contributed by atoms with E-state index in [1.165, 1.54) is 11.8 Å². The van der Waals surface area contributed by atoms with Gasteiger partial charge in [-0.3, -0.25) is 9.78 Å². The van der Waals surface area contributed by atoms with Crippen molar-refractivity contribution in [2.45, 2.75) is 11.7 Å². The van der Waals surface area contributed by atoms with Crippen molar-refractivity contribution in [3.8, 4) is 0 Å². The minimum atomic E-state index is -0.842. The highest BCUT2D eigenvalue weighted by Crippen LogP contribution is 2.16. The highest BCUT2D eigenvalue weighted by Gasteiger charge is 2.06. The van der Waals surface area contributed by atoms with Crippen molar-refractivity contribution in [2.24, 2.45) is 0 Å². The number of hydrogen-bond acceptors (Lipinski definition) is 4. The third-order valence-corrected chi connectivity index (χ3v) is 3.07. The number of imidazole rings is 1. The first-order valence-electron chi connectivity index (χ1n) is 5.00. The molecule has 0 aliphatic rings. The van der Waals surface area contributed by atoms with Gasteiger partial charge in [-0.05, 0) is 11.6 Å². The van der Waals surface area contributed by atoms with Crippen LogP contribution >= 0.6 is 11.8 Å². The molecule has 0 fully saturated rings. The molecule has 0 atom stereocenters. The summed E-state index contributed by atoms with van der Waals surface area (Å²) >= 11 is 1.21. The molecule has 2 aromatic heterocycles. The Morgan fingerprint density at radius 3 is 3.06 bits per heavy atom. The van der Waals surface area contributed by atoms with Crippen LogP contribution in [0, 0.1) is 0 Å². The molecular formula is C11H11N3O2S. The van der Waals surface area contributed by atoms with Gasteiger partial charge in [0.15, 0.2) is 5.16 Å². The molecule has 0 aromatic carbocycles. The van der Waals surface area contributed by atoms with Crippen LogP contribution in [0.25, 0.3) is 0 Å². The molecule has 1 N–H and O–H groups in total. The van der Waals surface area contributed by atoms with Crippen molar-refractivity contribution in [1.82, 2.24) is 14.5 Å². The van der Waals surface area contributed by atoms with E-state index in [0.29, 0.717) is 11.7 Å². The highest BCUT2D eigenvalue weighted by atomic mass is 32.2. The third-order valence-electron chi connectivity index (χ3n) is 2.08. The van der Waals surface area contributed by atoms with E-state index in [4.69, 9.17) is 5.11 Å². The molecule has 0 saturated heterocycles. The first-order valence-corrected chi connectivity index (χ1v) is 5.99. The van der Waals surface area contributed by atoms with Crippen molar-refractivity contribution in [2.75, 3.05) is 5.75 Å². The van der Waals surface area contributed by atoms with Crippen LogP contribution in [0.2, 0.25) is 0 Å². The van der Waals surface area contributed by atoms with Crippen molar-refractivity contribution in [3.63, 3.8) is 0 Å². The van der Waals surface area contributed by atoms with Crippen LogP contribution in [0.15, 0.2) is 42.1 Å². The summed E-state index contributed by atoms with van der Waals surface area (Å²) < 4.78 is 1.91. The van der Waals surface area contributed by atoms with Crippen LogP contribution in [0.5, 0.6) is 0 Å².